The first kappa shape index (κ1) is 41.1. The minimum Gasteiger partial charge on any atom is -0.496 e. The van der Waals surface area contributed by atoms with Crippen LogP contribution in [0.5, 0.6) is 23.0 Å². The molecule has 2 unspecified atom stereocenters. The predicted molar refractivity (Wildman–Crippen MR) is 212 cm³/mol. The fraction of sp³-hybridized carbons (Fsp3) is 0.422. The van der Waals surface area contributed by atoms with Gasteiger partial charge in [-0.05, 0) is 47.9 Å². The number of ether oxygens (including phenoxy) is 4. The second-order valence-corrected chi connectivity index (χ2v) is 16.5. The fourth-order valence-corrected chi connectivity index (χ4v) is 8.53. The quantitative estimate of drug-likeness (QED) is 0.119. The molecule has 0 aliphatic heterocycles. The molecule has 4 N–H and O–H groups in total. The van der Waals surface area contributed by atoms with Crippen LogP contribution in [0.2, 0.25) is 0 Å². The maximum atomic E-state index is 16.0. The van der Waals surface area contributed by atoms with Gasteiger partial charge in [0, 0.05) is 22.3 Å². The average molecular weight is 753 g/mol. The van der Waals surface area contributed by atoms with E-state index in [9.17, 15) is 15.0 Å². The Labute approximate surface area is 325 Å². The van der Waals surface area contributed by atoms with Gasteiger partial charge in [0.2, 0.25) is 11.8 Å². The van der Waals surface area contributed by atoms with E-state index in [1.165, 1.54) is 28.4 Å². The van der Waals surface area contributed by atoms with Crippen LogP contribution in [0, 0.1) is 16.2 Å². The van der Waals surface area contributed by atoms with Crippen molar-refractivity contribution in [3.8, 4) is 23.0 Å². The zero-order chi connectivity index (χ0) is 40.6. The van der Waals surface area contributed by atoms with Gasteiger partial charge < -0.3 is 39.8 Å². The molecule has 294 valence electrons. The third-order valence-corrected chi connectivity index (χ3v) is 10.9. The lowest BCUT2D eigenvalue weighted by molar-refractivity contribution is -0.180. The van der Waals surface area contributed by atoms with Gasteiger partial charge in [0.1, 0.15) is 39.6 Å². The van der Waals surface area contributed by atoms with Crippen molar-refractivity contribution in [3.63, 3.8) is 0 Å². The first-order chi connectivity index (χ1) is 25.9. The molecule has 0 saturated heterocycles. The Morgan fingerprint density at radius 2 is 0.818 bits per heavy atom. The number of para-hydroxylation sites is 4. The molecule has 55 heavy (non-hydrogen) atoms. The van der Waals surface area contributed by atoms with Gasteiger partial charge in [-0.2, -0.15) is 0 Å². The monoisotopic (exact) mass is 752 g/mol. The summed E-state index contributed by atoms with van der Waals surface area (Å²) in [6.45, 7) is 11.5. The molecule has 0 radical (unpaired) electrons. The molecule has 1 aliphatic rings. The van der Waals surface area contributed by atoms with Crippen LogP contribution in [0.25, 0.3) is 0 Å². The minimum absolute atomic E-state index is 0.203. The molecule has 1 saturated carbocycles. The van der Waals surface area contributed by atoms with Crippen LogP contribution >= 0.6 is 0 Å². The number of methoxy groups -OCH3 is 4. The van der Waals surface area contributed by atoms with E-state index < -0.39 is 51.3 Å². The van der Waals surface area contributed by atoms with Crippen LogP contribution in [0.1, 0.15) is 76.6 Å². The zero-order valence-corrected chi connectivity index (χ0v) is 33.7. The van der Waals surface area contributed by atoms with E-state index in [0.717, 1.165) is 0 Å². The molecule has 1 fully saturated rings. The van der Waals surface area contributed by atoms with Crippen molar-refractivity contribution < 1.29 is 38.7 Å². The Kier molecular flexibility index (Phi) is 11.4. The number of primary amides is 1. The van der Waals surface area contributed by atoms with Gasteiger partial charge in [-0.3, -0.25) is 9.59 Å². The second kappa shape index (κ2) is 15.2. The molecule has 10 nitrogen and oxygen atoms in total. The van der Waals surface area contributed by atoms with Crippen LogP contribution in [0.4, 0.5) is 0 Å². The molecule has 2 atom stereocenters. The summed E-state index contributed by atoms with van der Waals surface area (Å²) in [6.07, 6.45) is 0.407. The second-order valence-electron chi connectivity index (χ2n) is 16.5. The summed E-state index contributed by atoms with van der Waals surface area (Å²) in [5.41, 5.74) is -0.340. The molecule has 0 heterocycles. The molecule has 1 aliphatic carbocycles. The standard InChI is InChI=1S/C45H56N2O8/c1-41(2,3)37(44(50,29-19-11-15-23-33(29)52-7)30-20-12-16-24-34(30)53-8)47(40(49)43(27-28-43)39(46)48)38(42(4,5)6)45(51,31-21-13-17-25-35(31)54-9)32-22-14-18-26-36(32)55-10/h11-26,37-38,50-51H,27-28H2,1-10H3,(H2,46,48). The highest BCUT2D eigenvalue weighted by molar-refractivity contribution is 6.07. The highest BCUT2D eigenvalue weighted by Gasteiger charge is 2.66. The average Bonchev–Trinajstić information content (AvgIpc) is 3.98. The Hall–Kier alpha value is -5.06. The minimum atomic E-state index is -2.12. The topological polar surface area (TPSA) is 141 Å². The van der Waals surface area contributed by atoms with Crippen molar-refractivity contribution in [1.82, 2.24) is 4.90 Å². The Morgan fingerprint density at radius 1 is 0.564 bits per heavy atom. The molecule has 2 amide bonds. The number of amides is 2. The molecule has 0 spiro atoms. The Bertz CT molecular complexity index is 1790. The zero-order valence-electron chi connectivity index (χ0n) is 33.7. The van der Waals surface area contributed by atoms with Crippen molar-refractivity contribution in [2.45, 2.75) is 77.7 Å². The van der Waals surface area contributed by atoms with E-state index in [0.29, 0.717) is 45.3 Å². The van der Waals surface area contributed by atoms with Crippen LogP contribution in [0.15, 0.2) is 97.1 Å². The van der Waals surface area contributed by atoms with Gasteiger partial charge in [0.25, 0.3) is 0 Å². The van der Waals surface area contributed by atoms with E-state index in [1.807, 2.05) is 41.5 Å². The van der Waals surface area contributed by atoms with E-state index in [2.05, 4.69) is 0 Å². The van der Waals surface area contributed by atoms with Gasteiger partial charge in [-0.15, -0.1) is 0 Å². The van der Waals surface area contributed by atoms with Crippen molar-refractivity contribution >= 4 is 11.8 Å². The Morgan fingerprint density at radius 3 is 1.02 bits per heavy atom. The molecule has 10 heteroatoms. The third kappa shape index (κ3) is 7.02. The van der Waals surface area contributed by atoms with Crippen molar-refractivity contribution in [3.05, 3.63) is 119 Å². The lowest BCUT2D eigenvalue weighted by atomic mass is 9.63. The highest BCUT2D eigenvalue weighted by Crippen LogP contribution is 2.58. The lowest BCUT2D eigenvalue weighted by Crippen LogP contribution is -2.70. The number of hydrogen-bond acceptors (Lipinski definition) is 8. The normalized spacial score (nSPS) is 15.3. The van der Waals surface area contributed by atoms with E-state index in [4.69, 9.17) is 24.7 Å². The van der Waals surface area contributed by atoms with Crippen LogP contribution in [-0.2, 0) is 20.8 Å². The predicted octanol–water partition coefficient (Wildman–Crippen LogP) is 6.82. The van der Waals surface area contributed by atoms with Crippen molar-refractivity contribution in [2.75, 3.05) is 28.4 Å². The third-order valence-electron chi connectivity index (χ3n) is 10.9. The SMILES string of the molecule is COc1ccccc1C(O)(c1ccccc1OC)C(N(C(=O)C1(C(N)=O)CC1)C(C(C)(C)C)C(O)(c1ccccc1OC)c1ccccc1OC)C(C)(C)C. The van der Waals surface area contributed by atoms with Gasteiger partial charge in [0.15, 0.2) is 0 Å². The number of carbonyl (C=O) groups excluding carboxylic acids is 2. The number of hydrogen-bond donors (Lipinski definition) is 3. The number of carbonyl (C=O) groups is 2. The number of benzene rings is 4. The first-order valence-electron chi connectivity index (χ1n) is 18.5. The van der Waals surface area contributed by atoms with Crippen molar-refractivity contribution in [1.29, 1.82) is 0 Å². The molecular formula is C45H56N2O8. The van der Waals surface area contributed by atoms with Crippen molar-refractivity contribution in [2.24, 2.45) is 22.0 Å². The number of nitrogens with zero attached hydrogens (tertiary/aromatic N) is 1. The summed E-state index contributed by atoms with van der Waals surface area (Å²) in [6, 6.07) is 25.8. The fourth-order valence-electron chi connectivity index (χ4n) is 8.53. The number of nitrogens with two attached hydrogens (primary N) is 1. The van der Waals surface area contributed by atoms with E-state index >= 15 is 4.79 Å². The summed E-state index contributed by atoms with van der Waals surface area (Å²) in [5.74, 6) is 0.0119. The summed E-state index contributed by atoms with van der Waals surface area (Å²) in [7, 11) is 6.07. The summed E-state index contributed by atoms with van der Waals surface area (Å²) < 4.78 is 23.8. The molecule has 0 aromatic heterocycles. The van der Waals surface area contributed by atoms with Gasteiger partial charge >= 0.3 is 0 Å². The van der Waals surface area contributed by atoms with Crippen LogP contribution in [-0.4, -0.2) is 67.5 Å². The molecule has 4 aromatic rings. The summed E-state index contributed by atoms with van der Waals surface area (Å²) >= 11 is 0. The maximum Gasteiger partial charge on any atom is 0.239 e. The van der Waals surface area contributed by atoms with Crippen LogP contribution < -0.4 is 24.7 Å². The van der Waals surface area contributed by atoms with Gasteiger partial charge in [0.05, 0.1) is 40.5 Å². The number of aliphatic hydroxyl groups is 2. The number of rotatable bonds is 14. The van der Waals surface area contributed by atoms with E-state index in [-0.39, 0.29) is 12.8 Å². The van der Waals surface area contributed by atoms with Gasteiger partial charge in [-0.1, -0.05) is 114 Å². The van der Waals surface area contributed by atoms with Gasteiger partial charge in [-0.25, -0.2) is 0 Å². The lowest BCUT2D eigenvalue weighted by Gasteiger charge is -2.58. The first-order valence-corrected chi connectivity index (χ1v) is 18.5. The molecular weight excluding hydrogens is 697 g/mol. The van der Waals surface area contributed by atoms with Crippen LogP contribution in [0.3, 0.4) is 0 Å². The summed E-state index contributed by atoms with van der Waals surface area (Å²) in [4.78, 5) is 31.0. The molecule has 5 rings (SSSR count). The van der Waals surface area contributed by atoms with E-state index in [1.54, 1.807) is 102 Å². The smallest absolute Gasteiger partial charge is 0.239 e. The molecule has 0 bridgehead atoms. The highest BCUT2D eigenvalue weighted by atomic mass is 16.5. The largest absolute Gasteiger partial charge is 0.496 e. The summed E-state index contributed by atoms with van der Waals surface area (Å²) in [5, 5.41) is 28.3. The molecule has 4 aromatic carbocycles. The maximum absolute atomic E-state index is 16.0. The Balaban J connectivity index is 2.06.